The minimum absolute atomic E-state index is 0.222. The van der Waals surface area contributed by atoms with Gasteiger partial charge in [-0.15, -0.1) is 0 Å². The summed E-state index contributed by atoms with van der Waals surface area (Å²) >= 11 is 0. The first kappa shape index (κ1) is 43.7. The maximum absolute atomic E-state index is 10.3. The smallest absolute Gasteiger partial charge is 0.243 e. The van der Waals surface area contributed by atoms with E-state index in [0.29, 0.717) is 6.42 Å². The highest BCUT2D eigenvalue weighted by Gasteiger charge is 2.05. The van der Waals surface area contributed by atoms with Crippen LogP contribution in [0.2, 0.25) is 0 Å². The van der Waals surface area contributed by atoms with E-state index in [1.807, 2.05) is 6.92 Å². The molecule has 0 aliphatic heterocycles. The third-order valence-electron chi connectivity index (χ3n) is 9.52. The zero-order chi connectivity index (χ0) is 33.1. The number of carbonyl (C=O) groups is 1. The molecule has 4 heteroatoms. The first-order chi connectivity index (χ1) is 22.1. The number of carbonyl (C=O) groups excluding carboxylic acids is 1. The SMILES string of the molecule is CCCCC(CC)C(=O)[O-].CCCCCCCCCCCCCCCCCCn1cc[n+](CCCCCCCCCCCC)c1. The Kier molecular flexibility index (Phi) is 34.5. The van der Waals surface area contributed by atoms with E-state index >= 15 is 0 Å². The zero-order valence-electron chi connectivity index (χ0n) is 31.1. The second-order valence-corrected chi connectivity index (χ2v) is 13.9. The predicted molar refractivity (Wildman–Crippen MR) is 194 cm³/mol. The molecule has 0 bridgehead atoms. The van der Waals surface area contributed by atoms with Crippen LogP contribution >= 0.6 is 0 Å². The molecule has 0 radical (unpaired) electrons. The number of aryl methyl sites for hydroxylation is 2. The highest BCUT2D eigenvalue weighted by Crippen LogP contribution is 2.14. The molecule has 0 fully saturated rings. The molecule has 0 saturated heterocycles. The lowest BCUT2D eigenvalue weighted by Crippen LogP contribution is -2.30. The number of aromatic nitrogens is 2. The Bertz CT molecular complexity index is 716. The molecule has 1 heterocycles. The highest BCUT2D eigenvalue weighted by atomic mass is 16.4. The predicted octanol–water partition coefficient (Wildman–Crippen LogP) is 11.9. The van der Waals surface area contributed by atoms with Crippen LogP contribution in [-0.4, -0.2) is 10.5 Å². The van der Waals surface area contributed by atoms with E-state index in [-0.39, 0.29) is 5.92 Å². The second-order valence-electron chi connectivity index (χ2n) is 13.9. The van der Waals surface area contributed by atoms with Gasteiger partial charge in [0.25, 0.3) is 0 Å². The number of aliphatic carboxylic acids is 1. The van der Waals surface area contributed by atoms with Crippen LogP contribution in [0.25, 0.3) is 0 Å². The molecule has 1 atom stereocenters. The van der Waals surface area contributed by atoms with Crippen molar-refractivity contribution < 1.29 is 14.5 Å². The van der Waals surface area contributed by atoms with Gasteiger partial charge in [0.15, 0.2) is 0 Å². The van der Waals surface area contributed by atoms with E-state index in [0.717, 1.165) is 19.3 Å². The Balaban J connectivity index is 0.00000165. The number of rotatable bonds is 33. The van der Waals surface area contributed by atoms with Crippen LogP contribution in [0.3, 0.4) is 0 Å². The molecule has 1 rings (SSSR count). The molecular formula is C41H80N2O2. The third-order valence-corrected chi connectivity index (χ3v) is 9.52. The van der Waals surface area contributed by atoms with Crippen LogP contribution in [0.15, 0.2) is 18.7 Å². The fourth-order valence-corrected chi connectivity index (χ4v) is 6.27. The normalized spacial score (nSPS) is 11.8. The molecule has 0 N–H and O–H groups in total. The van der Waals surface area contributed by atoms with Gasteiger partial charge < -0.3 is 9.90 Å². The molecule has 266 valence electrons. The van der Waals surface area contributed by atoms with Crippen molar-refractivity contribution in [2.75, 3.05) is 0 Å². The van der Waals surface area contributed by atoms with Gasteiger partial charge in [-0.25, -0.2) is 9.13 Å². The first-order valence-electron chi connectivity index (χ1n) is 20.3. The summed E-state index contributed by atoms with van der Waals surface area (Å²) in [5, 5.41) is 10.3. The molecule has 0 aliphatic rings. The fraction of sp³-hybridized carbons (Fsp3) is 0.902. The van der Waals surface area contributed by atoms with Crippen molar-refractivity contribution in [1.82, 2.24) is 4.57 Å². The number of imidazole rings is 1. The average Bonchev–Trinajstić information content (AvgIpc) is 3.49. The van der Waals surface area contributed by atoms with Gasteiger partial charge in [0.1, 0.15) is 12.4 Å². The summed E-state index contributed by atoms with van der Waals surface area (Å²) in [5.41, 5.74) is 0. The van der Waals surface area contributed by atoms with Crippen LogP contribution in [-0.2, 0) is 17.9 Å². The molecule has 0 amide bonds. The van der Waals surface area contributed by atoms with Crippen molar-refractivity contribution in [3.63, 3.8) is 0 Å². The van der Waals surface area contributed by atoms with Crippen LogP contribution in [0, 0.1) is 5.92 Å². The summed E-state index contributed by atoms with van der Waals surface area (Å²) < 4.78 is 4.80. The Morgan fingerprint density at radius 2 is 0.933 bits per heavy atom. The number of carboxylic acid groups (broad SMARTS) is 1. The standard InChI is InChI=1S/C33H65N2.C8H16O2/c1-3-5-7-9-11-13-15-16-17-18-19-20-22-24-26-28-30-35-32-31-34(33-35)29-27-25-23-21-14-12-10-8-6-4-2;1-3-5-6-7(4-2)8(9)10/h31-33H,3-30H2,1-2H3;7H,3-6H2,1-2H3,(H,9,10)/q+1;/p-1. The zero-order valence-corrected chi connectivity index (χ0v) is 31.1. The van der Waals surface area contributed by atoms with Crippen molar-refractivity contribution in [1.29, 1.82) is 0 Å². The van der Waals surface area contributed by atoms with Gasteiger partial charge in [-0.3, -0.25) is 0 Å². The number of hydrogen-bond donors (Lipinski definition) is 0. The van der Waals surface area contributed by atoms with Crippen LogP contribution in [0.1, 0.15) is 220 Å². The van der Waals surface area contributed by atoms with Crippen LogP contribution in [0.5, 0.6) is 0 Å². The Morgan fingerprint density at radius 1 is 0.556 bits per heavy atom. The molecule has 0 aromatic carbocycles. The van der Waals surface area contributed by atoms with Gasteiger partial charge in [0.05, 0.1) is 13.1 Å². The van der Waals surface area contributed by atoms with Gasteiger partial charge in [-0.1, -0.05) is 182 Å². The van der Waals surface area contributed by atoms with Crippen molar-refractivity contribution in [3.05, 3.63) is 18.7 Å². The van der Waals surface area contributed by atoms with E-state index in [9.17, 15) is 9.90 Å². The van der Waals surface area contributed by atoms with Gasteiger partial charge in [0.2, 0.25) is 6.33 Å². The van der Waals surface area contributed by atoms with Gasteiger partial charge in [-0.2, -0.15) is 0 Å². The largest absolute Gasteiger partial charge is 0.550 e. The summed E-state index contributed by atoms with van der Waals surface area (Å²) in [5.74, 6) is -1.11. The van der Waals surface area contributed by atoms with E-state index in [1.54, 1.807) is 0 Å². The van der Waals surface area contributed by atoms with Crippen molar-refractivity contribution in [3.8, 4) is 0 Å². The Labute approximate surface area is 282 Å². The number of unbranched alkanes of at least 4 members (excludes halogenated alkanes) is 25. The van der Waals surface area contributed by atoms with Gasteiger partial charge >= 0.3 is 0 Å². The van der Waals surface area contributed by atoms with E-state index in [2.05, 4.69) is 48.6 Å². The van der Waals surface area contributed by atoms with Crippen molar-refractivity contribution in [2.24, 2.45) is 5.92 Å². The van der Waals surface area contributed by atoms with E-state index in [1.165, 1.54) is 180 Å². The topological polar surface area (TPSA) is 48.9 Å². The summed E-state index contributed by atoms with van der Waals surface area (Å²) in [6.45, 7) is 10.9. The monoisotopic (exact) mass is 633 g/mol. The fourth-order valence-electron chi connectivity index (χ4n) is 6.27. The quantitative estimate of drug-likeness (QED) is 0.0572. The molecule has 0 spiro atoms. The number of hydrogen-bond acceptors (Lipinski definition) is 2. The van der Waals surface area contributed by atoms with Crippen LogP contribution < -0.4 is 9.67 Å². The number of nitrogens with zero attached hydrogens (tertiary/aromatic N) is 2. The molecule has 45 heavy (non-hydrogen) atoms. The maximum Gasteiger partial charge on any atom is 0.243 e. The molecule has 4 nitrogen and oxygen atoms in total. The highest BCUT2D eigenvalue weighted by molar-refractivity contribution is 5.67. The Hall–Kier alpha value is -1.32. The molecule has 1 aromatic heterocycles. The minimum Gasteiger partial charge on any atom is -0.550 e. The summed E-state index contributed by atoms with van der Waals surface area (Å²) in [6, 6.07) is 0. The molecular weight excluding hydrogens is 552 g/mol. The van der Waals surface area contributed by atoms with Crippen molar-refractivity contribution in [2.45, 2.75) is 233 Å². The molecule has 0 aliphatic carbocycles. The molecule has 1 aromatic rings. The van der Waals surface area contributed by atoms with Crippen molar-refractivity contribution >= 4 is 5.97 Å². The Morgan fingerprint density at radius 3 is 1.31 bits per heavy atom. The van der Waals surface area contributed by atoms with Gasteiger partial charge in [0, 0.05) is 5.97 Å². The third kappa shape index (κ3) is 31.1. The summed E-state index contributed by atoms with van der Waals surface area (Å²) in [7, 11) is 0. The lowest BCUT2D eigenvalue weighted by Gasteiger charge is -2.14. The average molecular weight is 633 g/mol. The lowest BCUT2D eigenvalue weighted by atomic mass is 10.00. The summed E-state index contributed by atoms with van der Waals surface area (Å²) in [6.07, 6.45) is 47.7. The summed E-state index contributed by atoms with van der Waals surface area (Å²) in [4.78, 5) is 10.3. The van der Waals surface area contributed by atoms with E-state index < -0.39 is 5.97 Å². The van der Waals surface area contributed by atoms with Gasteiger partial charge in [-0.05, 0) is 44.4 Å². The minimum atomic E-state index is -0.893. The maximum atomic E-state index is 10.3. The lowest BCUT2D eigenvalue weighted by molar-refractivity contribution is -0.696. The number of carboxylic acids is 1. The van der Waals surface area contributed by atoms with E-state index in [4.69, 9.17) is 0 Å². The first-order valence-corrected chi connectivity index (χ1v) is 20.3. The molecule has 1 unspecified atom stereocenters. The molecule has 0 saturated carbocycles. The van der Waals surface area contributed by atoms with Crippen LogP contribution in [0.4, 0.5) is 0 Å². The second kappa shape index (κ2) is 35.5.